The maximum atomic E-state index is 5.78. The van der Waals surface area contributed by atoms with Gasteiger partial charge in [-0.1, -0.05) is 25.1 Å². The molecule has 0 saturated carbocycles. The van der Waals surface area contributed by atoms with Gasteiger partial charge in [0.05, 0.1) is 11.2 Å². The fourth-order valence-corrected chi connectivity index (χ4v) is 2.49. The molecule has 0 amide bonds. The van der Waals surface area contributed by atoms with Gasteiger partial charge in [0.15, 0.2) is 0 Å². The van der Waals surface area contributed by atoms with Gasteiger partial charge in [-0.25, -0.2) is 0 Å². The predicted molar refractivity (Wildman–Crippen MR) is 82.4 cm³/mol. The first-order chi connectivity index (χ1) is 9.21. The van der Waals surface area contributed by atoms with Gasteiger partial charge in [-0.05, 0) is 32.4 Å². The highest BCUT2D eigenvalue weighted by Crippen LogP contribution is 2.28. The van der Waals surface area contributed by atoms with E-state index in [9.17, 15) is 0 Å². The second kappa shape index (κ2) is 6.02. The molecule has 1 aromatic carbocycles. The number of nitrogens with zero attached hydrogens (tertiary/aromatic N) is 2. The van der Waals surface area contributed by atoms with Crippen molar-refractivity contribution in [1.29, 1.82) is 0 Å². The summed E-state index contributed by atoms with van der Waals surface area (Å²) in [5.41, 5.74) is 9.02. The summed E-state index contributed by atoms with van der Waals surface area (Å²) >= 11 is 0. The van der Waals surface area contributed by atoms with Crippen molar-refractivity contribution in [1.82, 2.24) is 4.98 Å². The summed E-state index contributed by atoms with van der Waals surface area (Å²) in [5.74, 6) is 0. The zero-order valence-electron chi connectivity index (χ0n) is 12.1. The fraction of sp³-hybridized carbons (Fsp3) is 0.438. The first-order valence-corrected chi connectivity index (χ1v) is 7.06. The van der Waals surface area contributed by atoms with Crippen LogP contribution in [0.1, 0.15) is 32.9 Å². The van der Waals surface area contributed by atoms with Crippen molar-refractivity contribution in [3.8, 4) is 0 Å². The van der Waals surface area contributed by atoms with E-state index >= 15 is 0 Å². The number of fused-ring (bicyclic) bond motifs is 1. The van der Waals surface area contributed by atoms with Crippen LogP contribution < -0.4 is 10.6 Å². The van der Waals surface area contributed by atoms with Crippen LogP contribution in [0, 0.1) is 0 Å². The standard InChI is InChI=1S/C16H23N3/c1-4-12(3)19(5-2)16-10-13(11-17)18-15-9-7-6-8-14(15)16/h6-10,12H,4-5,11,17H2,1-3H3. The van der Waals surface area contributed by atoms with Crippen LogP contribution >= 0.6 is 0 Å². The number of pyridine rings is 1. The lowest BCUT2D eigenvalue weighted by Crippen LogP contribution is -2.32. The van der Waals surface area contributed by atoms with E-state index in [1.54, 1.807) is 0 Å². The van der Waals surface area contributed by atoms with E-state index in [-0.39, 0.29) is 0 Å². The maximum absolute atomic E-state index is 5.78. The molecule has 0 aliphatic heterocycles. The molecule has 1 heterocycles. The molecule has 102 valence electrons. The molecule has 3 heteroatoms. The number of rotatable bonds is 5. The van der Waals surface area contributed by atoms with E-state index < -0.39 is 0 Å². The third-order valence-corrected chi connectivity index (χ3v) is 3.73. The number of nitrogens with two attached hydrogens (primary N) is 1. The van der Waals surface area contributed by atoms with Gasteiger partial charge in [-0.3, -0.25) is 4.98 Å². The van der Waals surface area contributed by atoms with Gasteiger partial charge in [0.2, 0.25) is 0 Å². The molecule has 0 fully saturated rings. The van der Waals surface area contributed by atoms with Gasteiger partial charge in [0, 0.05) is 30.2 Å². The number of anilines is 1. The zero-order chi connectivity index (χ0) is 13.8. The highest BCUT2D eigenvalue weighted by atomic mass is 15.2. The first kappa shape index (κ1) is 13.8. The van der Waals surface area contributed by atoms with E-state index in [1.807, 2.05) is 6.07 Å². The minimum absolute atomic E-state index is 0.482. The van der Waals surface area contributed by atoms with Crippen LogP contribution in [-0.2, 0) is 6.54 Å². The number of hydrogen-bond acceptors (Lipinski definition) is 3. The molecule has 2 rings (SSSR count). The van der Waals surface area contributed by atoms with Crippen molar-refractivity contribution in [2.24, 2.45) is 5.73 Å². The predicted octanol–water partition coefficient (Wildman–Crippen LogP) is 3.32. The summed E-state index contributed by atoms with van der Waals surface area (Å²) in [4.78, 5) is 7.04. The quantitative estimate of drug-likeness (QED) is 0.893. The number of hydrogen-bond donors (Lipinski definition) is 1. The van der Waals surface area contributed by atoms with Gasteiger partial charge in [-0.2, -0.15) is 0 Å². The molecule has 2 N–H and O–H groups in total. The molecule has 19 heavy (non-hydrogen) atoms. The molecule has 1 unspecified atom stereocenters. The van der Waals surface area contributed by atoms with E-state index in [2.05, 4.69) is 54.9 Å². The summed E-state index contributed by atoms with van der Waals surface area (Å²) in [5, 5.41) is 1.21. The van der Waals surface area contributed by atoms with Crippen LogP contribution in [0.2, 0.25) is 0 Å². The molecule has 2 aromatic rings. The van der Waals surface area contributed by atoms with Crippen molar-refractivity contribution in [2.75, 3.05) is 11.4 Å². The normalized spacial score (nSPS) is 12.6. The van der Waals surface area contributed by atoms with Gasteiger partial charge < -0.3 is 10.6 Å². The van der Waals surface area contributed by atoms with Crippen molar-refractivity contribution >= 4 is 16.6 Å². The van der Waals surface area contributed by atoms with Crippen LogP contribution in [0.3, 0.4) is 0 Å². The van der Waals surface area contributed by atoms with Gasteiger partial charge in [-0.15, -0.1) is 0 Å². The van der Waals surface area contributed by atoms with Crippen LogP contribution in [0.5, 0.6) is 0 Å². The van der Waals surface area contributed by atoms with Crippen LogP contribution in [0.25, 0.3) is 10.9 Å². The third-order valence-electron chi connectivity index (χ3n) is 3.73. The number of benzene rings is 1. The molecule has 3 nitrogen and oxygen atoms in total. The molecule has 0 aliphatic carbocycles. The summed E-state index contributed by atoms with van der Waals surface area (Å²) in [6.45, 7) is 8.16. The second-order valence-electron chi connectivity index (χ2n) is 4.90. The van der Waals surface area contributed by atoms with Crippen LogP contribution in [0.15, 0.2) is 30.3 Å². The Morgan fingerprint density at radius 2 is 2.00 bits per heavy atom. The number of para-hydroxylation sites is 1. The molecule has 0 aliphatic rings. The maximum Gasteiger partial charge on any atom is 0.0726 e. The molecular formula is C16H23N3. The summed E-state index contributed by atoms with van der Waals surface area (Å²) < 4.78 is 0. The molecule has 0 radical (unpaired) electrons. The lowest BCUT2D eigenvalue weighted by Gasteiger charge is -2.31. The van der Waals surface area contributed by atoms with Gasteiger partial charge >= 0.3 is 0 Å². The van der Waals surface area contributed by atoms with Crippen LogP contribution in [0.4, 0.5) is 5.69 Å². The Morgan fingerprint density at radius 1 is 1.26 bits per heavy atom. The minimum atomic E-state index is 0.482. The monoisotopic (exact) mass is 257 g/mol. The first-order valence-electron chi connectivity index (χ1n) is 7.06. The SMILES string of the molecule is CCC(C)N(CC)c1cc(CN)nc2ccccc12. The van der Waals surface area contributed by atoms with E-state index in [4.69, 9.17) is 5.73 Å². The third kappa shape index (κ3) is 2.71. The second-order valence-corrected chi connectivity index (χ2v) is 4.90. The highest BCUT2D eigenvalue weighted by molar-refractivity contribution is 5.92. The molecule has 0 saturated heterocycles. The molecular weight excluding hydrogens is 234 g/mol. The Labute approximate surface area is 115 Å². The molecule has 1 atom stereocenters. The van der Waals surface area contributed by atoms with Crippen molar-refractivity contribution < 1.29 is 0 Å². The largest absolute Gasteiger partial charge is 0.369 e. The van der Waals surface area contributed by atoms with Crippen LogP contribution in [-0.4, -0.2) is 17.6 Å². The average Bonchev–Trinajstić information content (AvgIpc) is 2.47. The average molecular weight is 257 g/mol. The van der Waals surface area contributed by atoms with Crippen molar-refractivity contribution in [3.63, 3.8) is 0 Å². The van der Waals surface area contributed by atoms with Crippen molar-refractivity contribution in [3.05, 3.63) is 36.0 Å². The summed E-state index contributed by atoms with van der Waals surface area (Å²) in [6, 6.07) is 10.9. The van der Waals surface area contributed by atoms with E-state index in [0.717, 1.165) is 24.2 Å². The molecule has 0 bridgehead atoms. The fourth-order valence-electron chi connectivity index (χ4n) is 2.49. The van der Waals surface area contributed by atoms with Crippen molar-refractivity contribution in [2.45, 2.75) is 39.8 Å². The number of aromatic nitrogens is 1. The Bertz CT molecular complexity index is 551. The minimum Gasteiger partial charge on any atom is -0.369 e. The smallest absolute Gasteiger partial charge is 0.0726 e. The topological polar surface area (TPSA) is 42.1 Å². The van der Waals surface area contributed by atoms with Gasteiger partial charge in [0.1, 0.15) is 0 Å². The Hall–Kier alpha value is -1.61. The molecule has 1 aromatic heterocycles. The summed E-state index contributed by atoms with van der Waals surface area (Å²) in [7, 11) is 0. The lowest BCUT2D eigenvalue weighted by molar-refractivity contribution is 0.631. The lowest BCUT2D eigenvalue weighted by atomic mass is 10.1. The Morgan fingerprint density at radius 3 is 2.63 bits per heavy atom. The highest BCUT2D eigenvalue weighted by Gasteiger charge is 2.15. The van der Waals surface area contributed by atoms with Gasteiger partial charge in [0.25, 0.3) is 0 Å². The van der Waals surface area contributed by atoms with E-state index in [1.165, 1.54) is 11.1 Å². The molecule has 0 spiro atoms. The zero-order valence-corrected chi connectivity index (χ0v) is 12.1. The van der Waals surface area contributed by atoms with E-state index in [0.29, 0.717) is 12.6 Å². The Kier molecular flexibility index (Phi) is 4.38. The summed E-state index contributed by atoms with van der Waals surface area (Å²) in [6.07, 6.45) is 1.13. The Balaban J connectivity index is 2.62.